The summed E-state index contributed by atoms with van der Waals surface area (Å²) in [5.74, 6) is 0.346. The molecule has 1 saturated heterocycles. The lowest BCUT2D eigenvalue weighted by atomic mass is 9.98. The summed E-state index contributed by atoms with van der Waals surface area (Å²) < 4.78 is 24.1. The van der Waals surface area contributed by atoms with E-state index in [2.05, 4.69) is 45.9 Å². The molecule has 1 aliphatic rings. The predicted octanol–water partition coefficient (Wildman–Crippen LogP) is 6.01. The third kappa shape index (κ3) is 8.92. The van der Waals surface area contributed by atoms with Gasteiger partial charge in [0.2, 0.25) is 10.0 Å². The highest BCUT2D eigenvalue weighted by Gasteiger charge is 2.27. The number of primary sulfonamides is 1. The zero-order valence-corrected chi connectivity index (χ0v) is 26.9. The summed E-state index contributed by atoms with van der Waals surface area (Å²) in [6, 6.07) is 33.0. The van der Waals surface area contributed by atoms with Crippen LogP contribution in [0.25, 0.3) is 11.1 Å². The minimum atomic E-state index is -3.83. The molecule has 0 bridgehead atoms. The number of benzene rings is 4. The Bertz CT molecular complexity index is 1580. The van der Waals surface area contributed by atoms with E-state index >= 15 is 0 Å². The van der Waals surface area contributed by atoms with Crippen molar-refractivity contribution in [3.63, 3.8) is 0 Å². The number of nitrogens with zero attached hydrogens (tertiary/aromatic N) is 1. The van der Waals surface area contributed by atoms with E-state index in [0.29, 0.717) is 23.6 Å². The Hall–Kier alpha value is -4.18. The molecule has 234 valence electrons. The van der Waals surface area contributed by atoms with Crippen molar-refractivity contribution in [3.05, 3.63) is 114 Å². The topological polar surface area (TPSA) is 137 Å². The second-order valence-corrected chi connectivity index (χ2v) is 11.6. The molecule has 2 atom stereocenters. The van der Waals surface area contributed by atoms with Gasteiger partial charge in [-0.1, -0.05) is 100 Å². The molecule has 1 fully saturated rings. The monoisotopic (exact) mass is 614 g/mol. The van der Waals surface area contributed by atoms with Crippen LogP contribution in [0.5, 0.6) is 0 Å². The van der Waals surface area contributed by atoms with Gasteiger partial charge in [-0.05, 0) is 41.5 Å². The smallest absolute Gasteiger partial charge is 0.238 e. The largest absolute Gasteiger partial charge is 0.384 e. The lowest BCUT2D eigenvalue weighted by Crippen LogP contribution is -2.45. The maximum absolute atomic E-state index is 12.1. The average Bonchev–Trinajstić information content (AvgIpc) is 3.29. The van der Waals surface area contributed by atoms with Crippen LogP contribution in [0.2, 0.25) is 0 Å². The standard InChI is InChI=1S/C31H34N6O2S.2C2H6/c32-31(33)24-9-6-10-27(17-24)37-21-25(22-7-2-1-3-8-22)18-35-19-28(37)20-36-26-15-13-23(14-16-26)29-11-4-5-12-30(29)40(34,38)39;2*1-2/h1-17,25,28,35-36H,18-21H2,(H3,32,33)(H2,34,38,39);2*1-2H3. The molecule has 8 nitrogen and oxygen atoms in total. The van der Waals surface area contributed by atoms with Crippen molar-refractivity contribution in [2.45, 2.75) is 44.6 Å². The van der Waals surface area contributed by atoms with E-state index in [1.165, 1.54) is 11.6 Å². The minimum Gasteiger partial charge on any atom is -0.384 e. The molecule has 2 unspecified atom stereocenters. The first-order valence-corrected chi connectivity index (χ1v) is 16.8. The van der Waals surface area contributed by atoms with Crippen molar-refractivity contribution in [2.24, 2.45) is 10.9 Å². The number of amidine groups is 1. The zero-order chi connectivity index (χ0) is 32.1. The van der Waals surface area contributed by atoms with Crippen LogP contribution in [-0.4, -0.2) is 46.5 Å². The Morgan fingerprint density at radius 1 is 0.886 bits per heavy atom. The fourth-order valence-corrected chi connectivity index (χ4v) is 6.00. The van der Waals surface area contributed by atoms with Gasteiger partial charge in [-0.25, -0.2) is 13.6 Å². The quantitative estimate of drug-likeness (QED) is 0.122. The Labute approximate surface area is 263 Å². The van der Waals surface area contributed by atoms with Crippen LogP contribution >= 0.6 is 0 Å². The number of nitrogen functional groups attached to an aromatic ring is 1. The lowest BCUT2D eigenvalue weighted by Gasteiger charge is -2.34. The van der Waals surface area contributed by atoms with Crippen molar-refractivity contribution in [3.8, 4) is 11.1 Å². The maximum Gasteiger partial charge on any atom is 0.238 e. The highest BCUT2D eigenvalue weighted by Crippen LogP contribution is 2.29. The molecule has 5 rings (SSSR count). The Kier molecular flexibility index (Phi) is 13.0. The molecule has 1 aliphatic heterocycles. The molecule has 4 aromatic carbocycles. The SMILES string of the molecule is CC.CC.N=C(N)c1cccc(N2CC(c3ccccc3)CNCC2CNc2ccc(-c3ccccc3S(N)(=O)=O)cc2)c1. The molecule has 0 saturated carbocycles. The summed E-state index contributed by atoms with van der Waals surface area (Å²) in [6.07, 6.45) is 0. The van der Waals surface area contributed by atoms with Gasteiger partial charge in [-0.15, -0.1) is 0 Å². The minimum absolute atomic E-state index is 0.0492. The molecule has 44 heavy (non-hydrogen) atoms. The predicted molar refractivity (Wildman–Crippen MR) is 185 cm³/mol. The van der Waals surface area contributed by atoms with E-state index in [1.807, 2.05) is 76.2 Å². The van der Waals surface area contributed by atoms with E-state index in [-0.39, 0.29) is 16.8 Å². The molecule has 7 N–H and O–H groups in total. The first-order chi connectivity index (χ1) is 21.3. The maximum atomic E-state index is 12.1. The third-order valence-corrected chi connectivity index (χ3v) is 8.29. The van der Waals surface area contributed by atoms with Gasteiger partial charge in [-0.3, -0.25) is 5.41 Å². The van der Waals surface area contributed by atoms with Gasteiger partial charge >= 0.3 is 0 Å². The fraction of sp³-hybridized carbons (Fsp3) is 0.286. The van der Waals surface area contributed by atoms with Crippen LogP contribution < -0.4 is 26.4 Å². The summed E-state index contributed by atoms with van der Waals surface area (Å²) in [5, 5.41) is 20.6. The number of anilines is 2. The van der Waals surface area contributed by atoms with Crippen LogP contribution in [0.15, 0.2) is 108 Å². The zero-order valence-electron chi connectivity index (χ0n) is 26.1. The van der Waals surface area contributed by atoms with Crippen molar-refractivity contribution >= 4 is 27.2 Å². The number of hydrogen-bond donors (Lipinski definition) is 5. The summed E-state index contributed by atoms with van der Waals surface area (Å²) >= 11 is 0. The van der Waals surface area contributed by atoms with Crippen molar-refractivity contribution < 1.29 is 8.42 Å². The highest BCUT2D eigenvalue weighted by atomic mass is 32.2. The van der Waals surface area contributed by atoms with Gasteiger partial charge in [0.05, 0.1) is 10.9 Å². The van der Waals surface area contributed by atoms with Crippen molar-refractivity contribution in [2.75, 3.05) is 36.4 Å². The van der Waals surface area contributed by atoms with Crippen LogP contribution in [-0.2, 0) is 10.0 Å². The van der Waals surface area contributed by atoms with Gasteiger partial charge in [-0.2, -0.15) is 0 Å². The second kappa shape index (κ2) is 16.6. The number of sulfonamides is 1. The van der Waals surface area contributed by atoms with Gasteiger partial charge in [0.15, 0.2) is 0 Å². The molecule has 4 aromatic rings. The number of nitrogens with two attached hydrogens (primary N) is 2. The second-order valence-electron chi connectivity index (χ2n) is 10.0. The average molecular weight is 615 g/mol. The fourth-order valence-electron chi connectivity index (χ4n) is 5.24. The van der Waals surface area contributed by atoms with E-state index in [0.717, 1.165) is 36.6 Å². The normalized spacial score (nSPS) is 16.3. The first kappa shape index (κ1) is 34.3. The Balaban J connectivity index is 0.00000127. The van der Waals surface area contributed by atoms with E-state index in [9.17, 15) is 8.42 Å². The van der Waals surface area contributed by atoms with Gasteiger partial charge in [0.25, 0.3) is 0 Å². The van der Waals surface area contributed by atoms with E-state index in [1.54, 1.807) is 18.2 Å². The Morgan fingerprint density at radius 3 is 2.20 bits per heavy atom. The highest BCUT2D eigenvalue weighted by molar-refractivity contribution is 7.89. The van der Waals surface area contributed by atoms with Gasteiger partial charge < -0.3 is 21.3 Å². The number of hydrogen-bond acceptors (Lipinski definition) is 6. The van der Waals surface area contributed by atoms with Crippen LogP contribution in [0, 0.1) is 5.41 Å². The van der Waals surface area contributed by atoms with E-state index in [4.69, 9.17) is 16.3 Å². The molecular weight excluding hydrogens is 568 g/mol. The summed E-state index contributed by atoms with van der Waals surface area (Å²) in [6.45, 7) is 11.1. The molecule has 0 radical (unpaired) electrons. The van der Waals surface area contributed by atoms with Gasteiger partial charge in [0.1, 0.15) is 5.84 Å². The molecule has 9 heteroatoms. The molecule has 0 spiro atoms. The third-order valence-electron chi connectivity index (χ3n) is 7.32. The lowest BCUT2D eigenvalue weighted by molar-refractivity contribution is 0.598. The number of rotatable bonds is 8. The molecule has 0 aliphatic carbocycles. The van der Waals surface area contributed by atoms with E-state index < -0.39 is 10.0 Å². The molecule has 0 amide bonds. The van der Waals surface area contributed by atoms with Crippen molar-refractivity contribution in [1.82, 2.24) is 5.32 Å². The molecule has 0 aromatic heterocycles. The molecular formula is C35H46N6O2S. The van der Waals surface area contributed by atoms with Gasteiger partial charge in [0, 0.05) is 54.6 Å². The Morgan fingerprint density at radius 2 is 1.55 bits per heavy atom. The summed E-state index contributed by atoms with van der Waals surface area (Å²) in [5.41, 5.74) is 11.1. The summed E-state index contributed by atoms with van der Waals surface area (Å²) in [7, 11) is -3.83. The van der Waals surface area contributed by atoms with Crippen LogP contribution in [0.1, 0.15) is 44.7 Å². The first-order valence-electron chi connectivity index (χ1n) is 15.2. The summed E-state index contributed by atoms with van der Waals surface area (Å²) in [4.78, 5) is 2.50. The molecule has 1 heterocycles. The number of nitrogens with one attached hydrogen (secondary N) is 3. The van der Waals surface area contributed by atoms with Crippen LogP contribution in [0.3, 0.4) is 0 Å². The van der Waals surface area contributed by atoms with Crippen molar-refractivity contribution in [1.29, 1.82) is 5.41 Å². The van der Waals surface area contributed by atoms with Crippen LogP contribution in [0.4, 0.5) is 11.4 Å².